The van der Waals surface area contributed by atoms with Crippen molar-refractivity contribution < 1.29 is 14.6 Å². The van der Waals surface area contributed by atoms with Crippen LogP contribution < -0.4 is 4.74 Å². The molecule has 0 fully saturated rings. The van der Waals surface area contributed by atoms with Crippen LogP contribution in [0, 0.1) is 0 Å². The lowest BCUT2D eigenvalue weighted by molar-refractivity contribution is 0.0690. The Bertz CT molecular complexity index is 355. The lowest BCUT2D eigenvalue weighted by Crippen LogP contribution is -2.07. The molecule has 0 saturated heterocycles. The Labute approximate surface area is 101 Å². The van der Waals surface area contributed by atoms with E-state index in [1.54, 1.807) is 0 Å². The summed E-state index contributed by atoms with van der Waals surface area (Å²) in [5, 5.41) is 16.2. The van der Waals surface area contributed by atoms with Crippen molar-refractivity contribution >= 4 is 5.97 Å². The molecule has 0 aromatic carbocycles. The predicted molar refractivity (Wildman–Crippen MR) is 63.2 cm³/mol. The monoisotopic (exact) mass is 238 g/mol. The minimum Gasteiger partial charge on any atom is -0.477 e. The third-order valence-corrected chi connectivity index (χ3v) is 2.40. The van der Waals surface area contributed by atoms with Crippen LogP contribution in [0.25, 0.3) is 0 Å². The Hall–Kier alpha value is -1.65. The summed E-state index contributed by atoms with van der Waals surface area (Å²) in [4.78, 5) is 10.8. The Balaban J connectivity index is 2.34. The predicted octanol–water partition coefficient (Wildman–Crippen LogP) is 2.52. The SMILES string of the molecule is CCCCCCCOc1nnccc1C(=O)O. The van der Waals surface area contributed by atoms with Gasteiger partial charge in [0.15, 0.2) is 0 Å². The Morgan fingerprint density at radius 3 is 2.82 bits per heavy atom. The van der Waals surface area contributed by atoms with Gasteiger partial charge in [0, 0.05) is 0 Å². The van der Waals surface area contributed by atoms with Crippen LogP contribution in [0.15, 0.2) is 12.3 Å². The largest absolute Gasteiger partial charge is 0.477 e. The van der Waals surface area contributed by atoms with Crippen LogP contribution in [-0.4, -0.2) is 27.9 Å². The molecule has 1 heterocycles. The van der Waals surface area contributed by atoms with E-state index in [1.807, 2.05) is 0 Å². The normalized spacial score (nSPS) is 10.2. The first kappa shape index (κ1) is 13.4. The fraction of sp³-hybridized carbons (Fsp3) is 0.583. The summed E-state index contributed by atoms with van der Waals surface area (Å²) in [6.45, 7) is 2.65. The van der Waals surface area contributed by atoms with E-state index in [-0.39, 0.29) is 11.4 Å². The molecule has 0 spiro atoms. The average Bonchev–Trinajstić information content (AvgIpc) is 2.34. The Morgan fingerprint density at radius 1 is 1.35 bits per heavy atom. The van der Waals surface area contributed by atoms with Crippen molar-refractivity contribution in [3.63, 3.8) is 0 Å². The van der Waals surface area contributed by atoms with Crippen molar-refractivity contribution in [1.82, 2.24) is 10.2 Å². The first-order valence-electron chi connectivity index (χ1n) is 5.93. The van der Waals surface area contributed by atoms with Gasteiger partial charge in [-0.25, -0.2) is 4.79 Å². The second-order valence-electron chi connectivity index (χ2n) is 3.82. The summed E-state index contributed by atoms with van der Waals surface area (Å²) in [6, 6.07) is 1.39. The first-order valence-corrected chi connectivity index (χ1v) is 5.93. The molecular formula is C12H18N2O3. The number of hydrogen-bond donors (Lipinski definition) is 1. The number of unbranched alkanes of at least 4 members (excludes halogenated alkanes) is 4. The zero-order valence-corrected chi connectivity index (χ0v) is 10.1. The summed E-state index contributed by atoms with van der Waals surface area (Å²) >= 11 is 0. The van der Waals surface area contributed by atoms with Gasteiger partial charge in [-0.05, 0) is 12.5 Å². The van der Waals surface area contributed by atoms with Gasteiger partial charge in [-0.2, -0.15) is 5.10 Å². The highest BCUT2D eigenvalue weighted by Crippen LogP contribution is 2.13. The molecular weight excluding hydrogens is 220 g/mol. The minimum absolute atomic E-state index is 0.0635. The summed E-state index contributed by atoms with van der Waals surface area (Å²) < 4.78 is 5.32. The fourth-order valence-electron chi connectivity index (χ4n) is 1.46. The van der Waals surface area contributed by atoms with Crippen molar-refractivity contribution in [3.8, 4) is 5.88 Å². The van der Waals surface area contributed by atoms with Crippen molar-refractivity contribution in [2.45, 2.75) is 39.0 Å². The maximum Gasteiger partial charge on any atom is 0.341 e. The van der Waals surface area contributed by atoms with Crippen molar-refractivity contribution in [2.75, 3.05) is 6.61 Å². The first-order chi connectivity index (χ1) is 8.25. The number of aromatic carboxylic acids is 1. The lowest BCUT2D eigenvalue weighted by Gasteiger charge is -2.06. The van der Waals surface area contributed by atoms with Crippen LogP contribution in [0.2, 0.25) is 0 Å². The third-order valence-electron chi connectivity index (χ3n) is 2.40. The molecule has 0 aliphatic rings. The molecule has 17 heavy (non-hydrogen) atoms. The smallest absolute Gasteiger partial charge is 0.341 e. The molecule has 0 saturated carbocycles. The molecule has 5 nitrogen and oxygen atoms in total. The molecule has 1 N–H and O–H groups in total. The number of hydrogen-bond acceptors (Lipinski definition) is 4. The van der Waals surface area contributed by atoms with Gasteiger partial charge >= 0.3 is 5.97 Å². The summed E-state index contributed by atoms with van der Waals surface area (Å²) in [7, 11) is 0. The molecule has 0 unspecified atom stereocenters. The van der Waals surface area contributed by atoms with Gasteiger partial charge in [-0.1, -0.05) is 32.6 Å². The van der Waals surface area contributed by atoms with E-state index in [9.17, 15) is 4.79 Å². The molecule has 0 atom stereocenters. The molecule has 1 aromatic rings. The summed E-state index contributed by atoms with van der Waals surface area (Å²) in [6.07, 6.45) is 6.97. The topological polar surface area (TPSA) is 72.3 Å². The van der Waals surface area contributed by atoms with Gasteiger partial charge in [0.05, 0.1) is 12.8 Å². The van der Waals surface area contributed by atoms with Gasteiger partial charge in [0.1, 0.15) is 5.56 Å². The van der Waals surface area contributed by atoms with Gasteiger partial charge in [-0.15, -0.1) is 5.10 Å². The van der Waals surface area contributed by atoms with E-state index < -0.39 is 5.97 Å². The van der Waals surface area contributed by atoms with Crippen molar-refractivity contribution in [2.24, 2.45) is 0 Å². The zero-order valence-electron chi connectivity index (χ0n) is 10.1. The van der Waals surface area contributed by atoms with Crippen LogP contribution in [0.1, 0.15) is 49.4 Å². The number of carboxylic acid groups (broad SMARTS) is 1. The third kappa shape index (κ3) is 4.80. The van der Waals surface area contributed by atoms with E-state index in [1.165, 1.54) is 31.5 Å². The number of rotatable bonds is 8. The van der Waals surface area contributed by atoms with Crippen LogP contribution in [0.3, 0.4) is 0 Å². The number of carbonyl (C=O) groups is 1. The van der Waals surface area contributed by atoms with E-state index in [4.69, 9.17) is 9.84 Å². The molecule has 0 aliphatic heterocycles. The van der Waals surface area contributed by atoms with Crippen LogP contribution in [0.4, 0.5) is 0 Å². The number of carboxylic acids is 1. The number of ether oxygens (including phenoxy) is 1. The van der Waals surface area contributed by atoms with E-state index >= 15 is 0 Å². The van der Waals surface area contributed by atoms with Gasteiger partial charge in [-0.3, -0.25) is 0 Å². The highest BCUT2D eigenvalue weighted by atomic mass is 16.5. The molecule has 1 aromatic heterocycles. The van der Waals surface area contributed by atoms with Gasteiger partial charge in [0.25, 0.3) is 0 Å². The molecule has 5 heteroatoms. The molecule has 0 amide bonds. The molecule has 0 bridgehead atoms. The summed E-state index contributed by atoms with van der Waals surface area (Å²) in [5.41, 5.74) is 0.0635. The van der Waals surface area contributed by atoms with Crippen molar-refractivity contribution in [1.29, 1.82) is 0 Å². The van der Waals surface area contributed by atoms with Crippen LogP contribution in [-0.2, 0) is 0 Å². The fourth-order valence-corrected chi connectivity index (χ4v) is 1.46. The quantitative estimate of drug-likeness (QED) is 0.704. The highest BCUT2D eigenvalue weighted by Gasteiger charge is 2.12. The van der Waals surface area contributed by atoms with Crippen molar-refractivity contribution in [3.05, 3.63) is 17.8 Å². The maximum absolute atomic E-state index is 10.8. The second kappa shape index (κ2) is 7.60. The highest BCUT2D eigenvalue weighted by molar-refractivity contribution is 5.89. The number of aromatic nitrogens is 2. The van der Waals surface area contributed by atoms with E-state index in [2.05, 4.69) is 17.1 Å². The van der Waals surface area contributed by atoms with Crippen LogP contribution in [0.5, 0.6) is 5.88 Å². The minimum atomic E-state index is -1.04. The summed E-state index contributed by atoms with van der Waals surface area (Å²) in [5.74, 6) is -0.934. The standard InChI is InChI=1S/C12H18N2O3/c1-2-3-4-5-6-9-17-11-10(12(15)16)7-8-13-14-11/h7-8H,2-6,9H2,1H3,(H,15,16). The Kier molecular flexibility index (Phi) is 5.99. The van der Waals surface area contributed by atoms with Gasteiger partial charge in [0.2, 0.25) is 5.88 Å². The second-order valence-corrected chi connectivity index (χ2v) is 3.82. The molecule has 1 rings (SSSR count). The maximum atomic E-state index is 10.8. The van der Waals surface area contributed by atoms with Crippen LogP contribution >= 0.6 is 0 Å². The Morgan fingerprint density at radius 2 is 2.12 bits per heavy atom. The molecule has 0 radical (unpaired) electrons. The van der Waals surface area contributed by atoms with E-state index in [0.29, 0.717) is 6.61 Å². The lowest BCUT2D eigenvalue weighted by atomic mass is 10.2. The number of nitrogens with zero attached hydrogens (tertiary/aromatic N) is 2. The zero-order chi connectivity index (χ0) is 12.5. The molecule has 0 aliphatic carbocycles. The van der Waals surface area contributed by atoms with E-state index in [0.717, 1.165) is 12.8 Å². The van der Waals surface area contributed by atoms with Gasteiger partial charge < -0.3 is 9.84 Å². The molecule has 94 valence electrons. The average molecular weight is 238 g/mol.